The zero-order valence-corrected chi connectivity index (χ0v) is 14.4. The summed E-state index contributed by atoms with van der Waals surface area (Å²) in [5, 5.41) is 6.31. The fourth-order valence-electron chi connectivity index (χ4n) is 3.66. The van der Waals surface area contributed by atoms with Crippen LogP contribution < -0.4 is 10.6 Å². The van der Waals surface area contributed by atoms with Crippen LogP contribution in [0, 0.1) is 11.8 Å². The molecule has 0 radical (unpaired) electrons. The molecule has 1 saturated carbocycles. The van der Waals surface area contributed by atoms with Crippen LogP contribution in [0.1, 0.15) is 52.9 Å². The standard InChI is InChI=1S/C17H32N4O/c1-4-18-17(19-10-9-16(22)20-13(2)3)21-11-14-7-5-6-8-15(14)12-21/h13-15H,4-12H2,1-3H3,(H,18,19)(H,20,22). The number of amides is 1. The Morgan fingerprint density at radius 1 is 1.23 bits per heavy atom. The predicted molar refractivity (Wildman–Crippen MR) is 90.9 cm³/mol. The molecule has 2 rings (SSSR count). The zero-order valence-electron chi connectivity index (χ0n) is 14.4. The van der Waals surface area contributed by atoms with E-state index in [-0.39, 0.29) is 11.9 Å². The number of hydrogen-bond donors (Lipinski definition) is 2. The van der Waals surface area contributed by atoms with Gasteiger partial charge < -0.3 is 15.5 Å². The highest BCUT2D eigenvalue weighted by atomic mass is 16.1. The van der Waals surface area contributed by atoms with Gasteiger partial charge in [-0.1, -0.05) is 12.8 Å². The van der Waals surface area contributed by atoms with Crippen molar-refractivity contribution in [3.8, 4) is 0 Å². The third-order valence-electron chi connectivity index (χ3n) is 4.66. The van der Waals surface area contributed by atoms with E-state index < -0.39 is 0 Å². The average molecular weight is 308 g/mol. The Hall–Kier alpha value is -1.26. The Kier molecular flexibility index (Phi) is 6.52. The zero-order chi connectivity index (χ0) is 15.9. The summed E-state index contributed by atoms with van der Waals surface area (Å²) in [6.07, 6.45) is 5.98. The van der Waals surface area contributed by atoms with Crippen LogP contribution in [-0.4, -0.2) is 49.0 Å². The van der Waals surface area contributed by atoms with Crippen molar-refractivity contribution in [2.45, 2.75) is 58.9 Å². The number of carbonyl (C=O) groups is 1. The highest BCUT2D eigenvalue weighted by Gasteiger charge is 2.35. The molecule has 2 N–H and O–H groups in total. The maximum atomic E-state index is 11.7. The lowest BCUT2D eigenvalue weighted by Gasteiger charge is -2.22. The average Bonchev–Trinajstić information content (AvgIpc) is 2.89. The quantitative estimate of drug-likeness (QED) is 0.603. The van der Waals surface area contributed by atoms with Crippen molar-refractivity contribution in [3.05, 3.63) is 0 Å². The molecule has 1 saturated heterocycles. The van der Waals surface area contributed by atoms with Crippen molar-refractivity contribution >= 4 is 11.9 Å². The van der Waals surface area contributed by atoms with Gasteiger partial charge >= 0.3 is 0 Å². The molecule has 2 unspecified atom stereocenters. The molecular formula is C17H32N4O. The lowest BCUT2D eigenvalue weighted by Crippen LogP contribution is -2.40. The van der Waals surface area contributed by atoms with Gasteiger partial charge in [0.2, 0.25) is 5.91 Å². The minimum absolute atomic E-state index is 0.0877. The third kappa shape index (κ3) is 4.89. The minimum Gasteiger partial charge on any atom is -0.357 e. The Morgan fingerprint density at radius 2 is 1.86 bits per heavy atom. The van der Waals surface area contributed by atoms with E-state index in [2.05, 4.69) is 27.4 Å². The fourth-order valence-corrected chi connectivity index (χ4v) is 3.66. The molecular weight excluding hydrogens is 276 g/mol. The molecule has 5 nitrogen and oxygen atoms in total. The Bertz CT molecular complexity index is 380. The summed E-state index contributed by atoms with van der Waals surface area (Å²) < 4.78 is 0. The molecule has 2 aliphatic rings. The molecule has 1 aliphatic heterocycles. The molecule has 0 spiro atoms. The van der Waals surface area contributed by atoms with E-state index in [0.29, 0.717) is 13.0 Å². The van der Waals surface area contributed by atoms with Crippen molar-refractivity contribution in [3.63, 3.8) is 0 Å². The number of likely N-dealkylation sites (tertiary alicyclic amines) is 1. The molecule has 1 amide bonds. The van der Waals surface area contributed by atoms with Crippen LogP contribution in [-0.2, 0) is 4.79 Å². The van der Waals surface area contributed by atoms with Crippen molar-refractivity contribution in [1.29, 1.82) is 0 Å². The van der Waals surface area contributed by atoms with Crippen LogP contribution in [0.3, 0.4) is 0 Å². The summed E-state index contributed by atoms with van der Waals surface area (Å²) in [7, 11) is 0. The number of fused-ring (bicyclic) bond motifs is 1. The number of nitrogens with zero attached hydrogens (tertiary/aromatic N) is 2. The first-order valence-electron chi connectivity index (χ1n) is 8.92. The van der Waals surface area contributed by atoms with Gasteiger partial charge in [0.15, 0.2) is 5.96 Å². The Labute approximate surface area is 134 Å². The van der Waals surface area contributed by atoms with Gasteiger partial charge in [0, 0.05) is 32.1 Å². The number of nitrogens with one attached hydrogen (secondary N) is 2. The third-order valence-corrected chi connectivity index (χ3v) is 4.66. The van der Waals surface area contributed by atoms with E-state index >= 15 is 0 Å². The molecule has 2 atom stereocenters. The summed E-state index contributed by atoms with van der Waals surface area (Å²) in [5.74, 6) is 2.78. The van der Waals surface area contributed by atoms with Gasteiger partial charge in [0.05, 0.1) is 6.54 Å². The van der Waals surface area contributed by atoms with Crippen LogP contribution in [0.25, 0.3) is 0 Å². The van der Waals surface area contributed by atoms with Crippen molar-refractivity contribution < 1.29 is 4.79 Å². The molecule has 5 heteroatoms. The van der Waals surface area contributed by atoms with Gasteiger partial charge in [-0.05, 0) is 45.4 Å². The van der Waals surface area contributed by atoms with E-state index in [1.54, 1.807) is 0 Å². The normalized spacial score (nSPS) is 25.3. The highest BCUT2D eigenvalue weighted by Crippen LogP contribution is 2.35. The maximum Gasteiger partial charge on any atom is 0.222 e. The van der Waals surface area contributed by atoms with Crippen molar-refractivity contribution in [1.82, 2.24) is 15.5 Å². The Balaban J connectivity index is 1.86. The van der Waals surface area contributed by atoms with E-state index in [4.69, 9.17) is 0 Å². The second-order valence-electron chi connectivity index (χ2n) is 6.92. The minimum atomic E-state index is 0.0877. The summed E-state index contributed by atoms with van der Waals surface area (Å²) in [6, 6.07) is 0.200. The second-order valence-corrected chi connectivity index (χ2v) is 6.92. The van der Waals surface area contributed by atoms with E-state index in [1.807, 2.05) is 13.8 Å². The van der Waals surface area contributed by atoms with Gasteiger partial charge in [0.1, 0.15) is 0 Å². The maximum absolute atomic E-state index is 11.7. The first-order valence-corrected chi connectivity index (χ1v) is 8.92. The number of carbonyl (C=O) groups excluding carboxylic acids is 1. The molecule has 22 heavy (non-hydrogen) atoms. The van der Waals surface area contributed by atoms with Gasteiger partial charge in [-0.15, -0.1) is 0 Å². The largest absolute Gasteiger partial charge is 0.357 e. The number of guanidine groups is 1. The lowest BCUT2D eigenvalue weighted by atomic mass is 9.82. The molecule has 2 fully saturated rings. The summed E-state index contributed by atoms with van der Waals surface area (Å²) in [5.41, 5.74) is 0. The first-order chi connectivity index (χ1) is 10.6. The van der Waals surface area contributed by atoms with Crippen LogP contribution in [0.5, 0.6) is 0 Å². The van der Waals surface area contributed by atoms with Crippen molar-refractivity contribution in [2.24, 2.45) is 16.8 Å². The van der Waals surface area contributed by atoms with Crippen LogP contribution in [0.2, 0.25) is 0 Å². The van der Waals surface area contributed by atoms with E-state index in [1.165, 1.54) is 25.7 Å². The number of rotatable bonds is 5. The molecule has 0 aromatic rings. The summed E-state index contributed by atoms with van der Waals surface area (Å²) in [4.78, 5) is 18.8. The lowest BCUT2D eigenvalue weighted by molar-refractivity contribution is -0.121. The molecule has 0 bridgehead atoms. The van der Waals surface area contributed by atoms with Crippen LogP contribution >= 0.6 is 0 Å². The Morgan fingerprint density at radius 3 is 2.41 bits per heavy atom. The van der Waals surface area contributed by atoms with E-state index in [0.717, 1.165) is 37.4 Å². The summed E-state index contributed by atoms with van der Waals surface area (Å²) >= 11 is 0. The van der Waals surface area contributed by atoms with Gasteiger partial charge in [-0.3, -0.25) is 9.79 Å². The van der Waals surface area contributed by atoms with Gasteiger partial charge in [-0.2, -0.15) is 0 Å². The van der Waals surface area contributed by atoms with Gasteiger partial charge in [-0.25, -0.2) is 0 Å². The second kappa shape index (κ2) is 8.39. The van der Waals surface area contributed by atoms with Crippen LogP contribution in [0.15, 0.2) is 4.99 Å². The SMILES string of the molecule is CCNC(=NCCC(=O)NC(C)C)N1CC2CCCCC2C1. The molecule has 126 valence electrons. The van der Waals surface area contributed by atoms with Crippen molar-refractivity contribution in [2.75, 3.05) is 26.2 Å². The predicted octanol–water partition coefficient (Wildman–Crippen LogP) is 1.99. The highest BCUT2D eigenvalue weighted by molar-refractivity contribution is 5.81. The fraction of sp³-hybridized carbons (Fsp3) is 0.882. The number of aliphatic imine (C=N–C) groups is 1. The first kappa shape index (κ1) is 17.1. The molecule has 0 aromatic heterocycles. The topological polar surface area (TPSA) is 56.7 Å². The van der Waals surface area contributed by atoms with E-state index in [9.17, 15) is 4.79 Å². The molecule has 1 heterocycles. The number of hydrogen-bond acceptors (Lipinski definition) is 2. The van der Waals surface area contributed by atoms with Crippen LogP contribution in [0.4, 0.5) is 0 Å². The smallest absolute Gasteiger partial charge is 0.222 e. The molecule has 0 aromatic carbocycles. The monoisotopic (exact) mass is 308 g/mol. The molecule has 1 aliphatic carbocycles. The van der Waals surface area contributed by atoms with Gasteiger partial charge in [0.25, 0.3) is 0 Å². The summed E-state index contributed by atoms with van der Waals surface area (Å²) in [6.45, 7) is 9.78.